The van der Waals surface area contributed by atoms with Gasteiger partial charge >= 0.3 is 0 Å². The van der Waals surface area contributed by atoms with Crippen LogP contribution in [-0.2, 0) is 4.79 Å². The molecule has 74 valence electrons. The molecule has 3 N–H and O–H groups in total. The number of piperidine rings is 1. The van der Waals surface area contributed by atoms with Crippen molar-refractivity contribution in [1.82, 2.24) is 16.2 Å². The lowest BCUT2D eigenvalue weighted by Gasteiger charge is -2.37. The number of hydrogen-bond acceptors (Lipinski definition) is 3. The molecule has 3 rings (SSSR count). The summed E-state index contributed by atoms with van der Waals surface area (Å²) in [6, 6.07) is 0.622. The lowest BCUT2D eigenvalue weighted by molar-refractivity contribution is -0.123. The summed E-state index contributed by atoms with van der Waals surface area (Å²) in [7, 11) is 0. The fourth-order valence-corrected chi connectivity index (χ4v) is 2.53. The fraction of sp³-hybridized carbons (Fsp3) is 0.500. The highest BCUT2D eigenvalue weighted by Crippen LogP contribution is 2.28. The Balaban J connectivity index is 1.89. The van der Waals surface area contributed by atoms with E-state index < -0.39 is 0 Å². The Morgan fingerprint density at radius 2 is 2.14 bits per heavy atom. The van der Waals surface area contributed by atoms with Crippen LogP contribution in [-0.4, -0.2) is 24.5 Å². The van der Waals surface area contributed by atoms with E-state index in [0.29, 0.717) is 12.0 Å². The summed E-state index contributed by atoms with van der Waals surface area (Å²) in [5, 5.41) is 3.38. The van der Waals surface area contributed by atoms with Crippen LogP contribution >= 0.6 is 0 Å². The zero-order valence-electron chi connectivity index (χ0n) is 7.73. The molecular formula is C10H13N3O. The molecule has 4 unspecified atom stereocenters. The molecule has 4 atom stereocenters. The molecule has 0 aromatic heterocycles. The van der Waals surface area contributed by atoms with Gasteiger partial charge in [-0.25, -0.2) is 5.43 Å². The average Bonchev–Trinajstić information content (AvgIpc) is 2.61. The van der Waals surface area contributed by atoms with Crippen LogP contribution in [0.2, 0.25) is 0 Å². The Hall–Kier alpha value is -1.13. The van der Waals surface area contributed by atoms with Crippen LogP contribution in [0.15, 0.2) is 24.3 Å². The van der Waals surface area contributed by atoms with Crippen LogP contribution < -0.4 is 16.2 Å². The minimum absolute atomic E-state index is 0.0763. The van der Waals surface area contributed by atoms with Gasteiger partial charge in [-0.3, -0.25) is 10.2 Å². The van der Waals surface area contributed by atoms with Crippen molar-refractivity contribution in [3.05, 3.63) is 24.3 Å². The van der Waals surface area contributed by atoms with Gasteiger partial charge in [0.15, 0.2) is 0 Å². The molecule has 2 fully saturated rings. The van der Waals surface area contributed by atoms with Gasteiger partial charge in [0.25, 0.3) is 0 Å². The number of allylic oxidation sites excluding steroid dienone is 2. The van der Waals surface area contributed by atoms with Crippen molar-refractivity contribution in [1.29, 1.82) is 0 Å². The van der Waals surface area contributed by atoms with Crippen molar-refractivity contribution < 1.29 is 4.79 Å². The molecule has 0 spiro atoms. The number of carbonyl (C=O) groups excluding carboxylic acids is 1. The topological polar surface area (TPSA) is 53.2 Å². The van der Waals surface area contributed by atoms with E-state index in [9.17, 15) is 4.79 Å². The average molecular weight is 191 g/mol. The number of hydrogen-bond donors (Lipinski definition) is 3. The number of amides is 1. The molecule has 0 aromatic rings. The molecule has 1 aliphatic carbocycles. The Labute approximate surface area is 82.4 Å². The predicted octanol–water partition coefficient (Wildman–Crippen LogP) is -0.680. The molecule has 2 heterocycles. The second kappa shape index (κ2) is 2.93. The molecule has 0 bridgehead atoms. The van der Waals surface area contributed by atoms with Crippen molar-refractivity contribution >= 4 is 5.91 Å². The summed E-state index contributed by atoms with van der Waals surface area (Å²) < 4.78 is 0. The minimum atomic E-state index is 0.0763. The zero-order chi connectivity index (χ0) is 9.54. The number of rotatable bonds is 0. The van der Waals surface area contributed by atoms with Gasteiger partial charge in [0.1, 0.15) is 0 Å². The van der Waals surface area contributed by atoms with Crippen LogP contribution in [0.25, 0.3) is 0 Å². The Bertz CT molecular complexity index is 323. The highest BCUT2D eigenvalue weighted by molar-refractivity contribution is 5.81. The van der Waals surface area contributed by atoms with Crippen molar-refractivity contribution in [2.24, 2.45) is 11.8 Å². The Morgan fingerprint density at radius 1 is 1.29 bits per heavy atom. The molecule has 2 aliphatic heterocycles. The van der Waals surface area contributed by atoms with Gasteiger partial charge < -0.3 is 5.32 Å². The van der Waals surface area contributed by atoms with E-state index in [2.05, 4.69) is 40.5 Å². The van der Waals surface area contributed by atoms with Gasteiger partial charge in [0, 0.05) is 24.5 Å². The van der Waals surface area contributed by atoms with Crippen LogP contribution in [0.1, 0.15) is 0 Å². The van der Waals surface area contributed by atoms with E-state index in [1.165, 1.54) is 0 Å². The maximum atomic E-state index is 11.4. The first kappa shape index (κ1) is 8.20. The molecule has 14 heavy (non-hydrogen) atoms. The van der Waals surface area contributed by atoms with Gasteiger partial charge in [-0.15, -0.1) is 0 Å². The normalized spacial score (nSPS) is 44.4. The minimum Gasteiger partial charge on any atom is -0.309 e. The van der Waals surface area contributed by atoms with E-state index in [0.717, 1.165) is 6.54 Å². The van der Waals surface area contributed by atoms with Crippen molar-refractivity contribution in [3.8, 4) is 0 Å². The van der Waals surface area contributed by atoms with E-state index >= 15 is 0 Å². The first-order valence-electron chi connectivity index (χ1n) is 5.00. The van der Waals surface area contributed by atoms with Crippen molar-refractivity contribution in [3.63, 3.8) is 0 Å². The lowest BCUT2D eigenvalue weighted by atomic mass is 9.79. The standard InChI is InChI=1S/C10H13N3O/c14-10-7-5-11-8-4-2-1-3-6(8)9(7)12-13-10/h1-4,6-9,11-12H,5H2,(H,13,14). The summed E-state index contributed by atoms with van der Waals surface area (Å²) in [6.07, 6.45) is 8.43. The number of hydrazine groups is 1. The summed E-state index contributed by atoms with van der Waals surface area (Å²) in [5.41, 5.74) is 5.79. The van der Waals surface area contributed by atoms with Crippen LogP contribution in [0.5, 0.6) is 0 Å². The fourth-order valence-electron chi connectivity index (χ4n) is 2.53. The molecule has 2 saturated heterocycles. The summed E-state index contributed by atoms with van der Waals surface area (Å²) in [6.45, 7) is 0.767. The summed E-state index contributed by atoms with van der Waals surface area (Å²) >= 11 is 0. The number of fused-ring (bicyclic) bond motifs is 3. The molecule has 0 saturated carbocycles. The third kappa shape index (κ3) is 1.04. The Kier molecular flexibility index (Phi) is 1.72. The largest absolute Gasteiger partial charge is 0.309 e. The maximum Gasteiger partial charge on any atom is 0.240 e. The van der Waals surface area contributed by atoms with Gasteiger partial charge in [0.05, 0.1) is 5.92 Å². The highest BCUT2D eigenvalue weighted by atomic mass is 16.2. The van der Waals surface area contributed by atoms with Crippen molar-refractivity contribution in [2.75, 3.05) is 6.54 Å². The molecule has 4 nitrogen and oxygen atoms in total. The zero-order valence-corrected chi connectivity index (χ0v) is 7.73. The van der Waals surface area contributed by atoms with Gasteiger partial charge in [-0.05, 0) is 0 Å². The second-order valence-electron chi connectivity index (χ2n) is 4.05. The summed E-state index contributed by atoms with van der Waals surface area (Å²) in [4.78, 5) is 11.4. The van der Waals surface area contributed by atoms with E-state index in [1.54, 1.807) is 0 Å². The third-order valence-corrected chi connectivity index (χ3v) is 3.30. The Morgan fingerprint density at radius 3 is 3.07 bits per heavy atom. The van der Waals surface area contributed by atoms with E-state index in [-0.39, 0.29) is 17.9 Å². The number of nitrogens with one attached hydrogen (secondary N) is 3. The second-order valence-corrected chi connectivity index (χ2v) is 4.05. The van der Waals surface area contributed by atoms with Crippen LogP contribution in [0.4, 0.5) is 0 Å². The predicted molar refractivity (Wildman–Crippen MR) is 52.1 cm³/mol. The maximum absolute atomic E-state index is 11.4. The van der Waals surface area contributed by atoms with E-state index in [1.807, 2.05) is 0 Å². The first-order chi connectivity index (χ1) is 6.86. The molecule has 3 aliphatic rings. The lowest BCUT2D eigenvalue weighted by Crippen LogP contribution is -2.55. The molecule has 4 heteroatoms. The SMILES string of the molecule is O=C1NNC2C1CNC1C=CC=CC12. The first-order valence-corrected chi connectivity index (χ1v) is 5.00. The number of carbonyl (C=O) groups is 1. The monoisotopic (exact) mass is 191 g/mol. The van der Waals surface area contributed by atoms with Gasteiger partial charge in [0.2, 0.25) is 5.91 Å². The van der Waals surface area contributed by atoms with Gasteiger partial charge in [-0.2, -0.15) is 0 Å². The molecular weight excluding hydrogens is 178 g/mol. The van der Waals surface area contributed by atoms with Gasteiger partial charge in [-0.1, -0.05) is 24.3 Å². The van der Waals surface area contributed by atoms with Crippen LogP contribution in [0, 0.1) is 11.8 Å². The van der Waals surface area contributed by atoms with Crippen LogP contribution in [0.3, 0.4) is 0 Å². The molecule has 0 radical (unpaired) electrons. The third-order valence-electron chi connectivity index (χ3n) is 3.30. The van der Waals surface area contributed by atoms with E-state index in [4.69, 9.17) is 0 Å². The summed E-state index contributed by atoms with van der Waals surface area (Å²) in [5.74, 6) is 0.578. The highest BCUT2D eigenvalue weighted by Gasteiger charge is 2.44. The smallest absolute Gasteiger partial charge is 0.240 e. The van der Waals surface area contributed by atoms with Crippen molar-refractivity contribution in [2.45, 2.75) is 12.1 Å². The quantitative estimate of drug-likeness (QED) is 0.475. The molecule has 0 aromatic carbocycles. The molecule has 1 amide bonds.